The molecule has 1 amide bonds. The van der Waals surface area contributed by atoms with Gasteiger partial charge in [0.25, 0.3) is 0 Å². The standard InChI is InChI=1S/C11H18N2O3/c14-9(8-3-1-6-12-8)13-7-11(10(15)16)4-2-5-11/h8,12H,1-7H2,(H,13,14)(H,15,16)/t8-/m0/s1. The smallest absolute Gasteiger partial charge is 0.311 e. The third-order valence-electron chi connectivity index (χ3n) is 3.74. The number of carboxylic acid groups (broad SMARTS) is 1. The fraction of sp³-hybridized carbons (Fsp3) is 0.818. The Morgan fingerprint density at radius 1 is 1.38 bits per heavy atom. The van der Waals surface area contributed by atoms with Crippen molar-refractivity contribution in [3.63, 3.8) is 0 Å². The molecule has 2 fully saturated rings. The van der Waals surface area contributed by atoms with Gasteiger partial charge in [0.2, 0.25) is 5.91 Å². The quantitative estimate of drug-likeness (QED) is 0.635. The van der Waals surface area contributed by atoms with Crippen LogP contribution in [0.25, 0.3) is 0 Å². The van der Waals surface area contributed by atoms with E-state index in [2.05, 4.69) is 10.6 Å². The van der Waals surface area contributed by atoms with E-state index in [0.717, 1.165) is 25.8 Å². The molecular weight excluding hydrogens is 208 g/mol. The van der Waals surface area contributed by atoms with Gasteiger partial charge in [-0.25, -0.2) is 0 Å². The van der Waals surface area contributed by atoms with Gasteiger partial charge in [0.1, 0.15) is 0 Å². The first kappa shape index (κ1) is 11.4. The van der Waals surface area contributed by atoms with Crippen LogP contribution in [0.1, 0.15) is 32.1 Å². The molecule has 90 valence electrons. The summed E-state index contributed by atoms with van der Waals surface area (Å²) in [4.78, 5) is 22.8. The SMILES string of the molecule is O=C(NCC1(C(=O)O)CCC1)[C@@H]1CCCN1. The molecule has 0 aromatic heterocycles. The molecule has 1 saturated heterocycles. The molecule has 1 heterocycles. The average Bonchev–Trinajstić information content (AvgIpc) is 2.67. The highest BCUT2D eigenvalue weighted by Gasteiger charge is 2.44. The maximum absolute atomic E-state index is 11.7. The van der Waals surface area contributed by atoms with Crippen molar-refractivity contribution in [2.24, 2.45) is 5.41 Å². The molecule has 1 saturated carbocycles. The summed E-state index contributed by atoms with van der Waals surface area (Å²) in [5, 5.41) is 15.0. The lowest BCUT2D eigenvalue weighted by atomic mass is 9.69. The van der Waals surface area contributed by atoms with E-state index < -0.39 is 11.4 Å². The minimum Gasteiger partial charge on any atom is -0.481 e. The van der Waals surface area contributed by atoms with E-state index in [1.165, 1.54) is 0 Å². The van der Waals surface area contributed by atoms with Crippen LogP contribution < -0.4 is 10.6 Å². The number of aliphatic carboxylic acids is 1. The summed E-state index contributed by atoms with van der Waals surface area (Å²) in [5.74, 6) is -0.830. The highest BCUT2D eigenvalue weighted by Crippen LogP contribution is 2.40. The number of rotatable bonds is 4. The summed E-state index contributed by atoms with van der Waals surface area (Å²) < 4.78 is 0. The van der Waals surface area contributed by atoms with E-state index in [4.69, 9.17) is 5.11 Å². The Hall–Kier alpha value is -1.10. The normalized spacial score (nSPS) is 27.1. The number of hydrogen-bond acceptors (Lipinski definition) is 3. The molecule has 5 nitrogen and oxygen atoms in total. The van der Waals surface area contributed by atoms with Crippen LogP contribution in [-0.2, 0) is 9.59 Å². The second-order valence-corrected chi connectivity index (χ2v) is 4.81. The van der Waals surface area contributed by atoms with Crippen LogP contribution in [0.3, 0.4) is 0 Å². The first-order chi connectivity index (χ1) is 7.64. The van der Waals surface area contributed by atoms with E-state index >= 15 is 0 Å². The molecule has 0 bridgehead atoms. The molecule has 2 aliphatic rings. The Bertz CT molecular complexity index is 294. The highest BCUT2D eigenvalue weighted by atomic mass is 16.4. The van der Waals surface area contributed by atoms with Gasteiger partial charge < -0.3 is 15.7 Å². The number of nitrogens with one attached hydrogen (secondary N) is 2. The largest absolute Gasteiger partial charge is 0.481 e. The Balaban J connectivity index is 1.81. The van der Waals surface area contributed by atoms with Gasteiger partial charge in [0.15, 0.2) is 0 Å². The van der Waals surface area contributed by atoms with Gasteiger partial charge in [0, 0.05) is 6.54 Å². The number of carboxylic acids is 1. The fourth-order valence-corrected chi connectivity index (χ4v) is 2.36. The molecule has 0 aromatic rings. The second kappa shape index (κ2) is 4.41. The Morgan fingerprint density at radius 2 is 2.12 bits per heavy atom. The first-order valence-corrected chi connectivity index (χ1v) is 5.89. The molecule has 1 aliphatic heterocycles. The predicted octanol–water partition coefficient (Wildman–Crippen LogP) is 0.109. The van der Waals surface area contributed by atoms with Crippen molar-refractivity contribution < 1.29 is 14.7 Å². The molecular formula is C11H18N2O3. The maximum atomic E-state index is 11.7. The zero-order chi connectivity index (χ0) is 11.6. The lowest BCUT2D eigenvalue weighted by Gasteiger charge is -2.37. The minimum atomic E-state index is -0.779. The van der Waals surface area contributed by atoms with Gasteiger partial charge in [-0.15, -0.1) is 0 Å². The van der Waals surface area contributed by atoms with Crippen LogP contribution in [0.5, 0.6) is 0 Å². The summed E-state index contributed by atoms with van der Waals surface area (Å²) in [6.07, 6.45) is 4.18. The fourth-order valence-electron chi connectivity index (χ4n) is 2.36. The highest BCUT2D eigenvalue weighted by molar-refractivity contribution is 5.83. The summed E-state index contributed by atoms with van der Waals surface area (Å²) >= 11 is 0. The van der Waals surface area contributed by atoms with Crippen LogP contribution in [0.15, 0.2) is 0 Å². The topological polar surface area (TPSA) is 78.4 Å². The zero-order valence-electron chi connectivity index (χ0n) is 9.29. The van der Waals surface area contributed by atoms with E-state index in [1.807, 2.05) is 0 Å². The number of carbonyl (C=O) groups is 2. The first-order valence-electron chi connectivity index (χ1n) is 5.89. The molecule has 3 N–H and O–H groups in total. The van der Waals surface area contributed by atoms with E-state index in [0.29, 0.717) is 12.8 Å². The maximum Gasteiger partial charge on any atom is 0.311 e. The van der Waals surface area contributed by atoms with Gasteiger partial charge >= 0.3 is 5.97 Å². The Labute approximate surface area is 94.6 Å². The van der Waals surface area contributed by atoms with Gasteiger partial charge in [-0.1, -0.05) is 6.42 Å². The average molecular weight is 226 g/mol. The molecule has 1 aliphatic carbocycles. The minimum absolute atomic E-state index is 0.0509. The van der Waals surface area contributed by atoms with Crippen LogP contribution in [0.2, 0.25) is 0 Å². The third-order valence-corrected chi connectivity index (χ3v) is 3.74. The molecule has 0 spiro atoms. The van der Waals surface area contributed by atoms with Crippen molar-refractivity contribution in [1.82, 2.24) is 10.6 Å². The molecule has 2 rings (SSSR count). The molecule has 0 aromatic carbocycles. The monoisotopic (exact) mass is 226 g/mol. The molecule has 16 heavy (non-hydrogen) atoms. The van der Waals surface area contributed by atoms with Crippen molar-refractivity contribution in [1.29, 1.82) is 0 Å². The van der Waals surface area contributed by atoms with E-state index in [9.17, 15) is 9.59 Å². The number of amides is 1. The molecule has 0 unspecified atom stereocenters. The van der Waals surface area contributed by atoms with Gasteiger partial charge in [-0.2, -0.15) is 0 Å². The second-order valence-electron chi connectivity index (χ2n) is 4.81. The Kier molecular flexibility index (Phi) is 3.14. The summed E-state index contributed by atoms with van der Waals surface area (Å²) in [6, 6.07) is -0.120. The van der Waals surface area contributed by atoms with Gasteiger partial charge in [0.05, 0.1) is 11.5 Å². The van der Waals surface area contributed by atoms with E-state index in [-0.39, 0.29) is 18.5 Å². The van der Waals surface area contributed by atoms with Crippen LogP contribution in [0, 0.1) is 5.41 Å². The lowest BCUT2D eigenvalue weighted by Crippen LogP contribution is -2.50. The summed E-state index contributed by atoms with van der Waals surface area (Å²) in [7, 11) is 0. The molecule has 5 heteroatoms. The van der Waals surface area contributed by atoms with E-state index in [1.54, 1.807) is 0 Å². The van der Waals surface area contributed by atoms with Crippen LogP contribution in [0.4, 0.5) is 0 Å². The van der Waals surface area contributed by atoms with Crippen molar-refractivity contribution in [2.45, 2.75) is 38.1 Å². The van der Waals surface area contributed by atoms with Crippen LogP contribution >= 0.6 is 0 Å². The molecule has 1 atom stereocenters. The van der Waals surface area contributed by atoms with Crippen molar-refractivity contribution >= 4 is 11.9 Å². The third kappa shape index (κ3) is 2.04. The van der Waals surface area contributed by atoms with Crippen molar-refractivity contribution in [3.8, 4) is 0 Å². The molecule has 0 radical (unpaired) electrons. The van der Waals surface area contributed by atoms with Crippen molar-refractivity contribution in [2.75, 3.05) is 13.1 Å². The number of hydrogen-bond donors (Lipinski definition) is 3. The summed E-state index contributed by atoms with van der Waals surface area (Å²) in [6.45, 7) is 1.15. The van der Waals surface area contributed by atoms with Gasteiger partial charge in [-0.05, 0) is 32.2 Å². The predicted molar refractivity (Wildman–Crippen MR) is 58.0 cm³/mol. The van der Waals surface area contributed by atoms with Crippen molar-refractivity contribution in [3.05, 3.63) is 0 Å². The zero-order valence-corrected chi connectivity index (χ0v) is 9.29. The van der Waals surface area contributed by atoms with Crippen LogP contribution in [-0.4, -0.2) is 36.1 Å². The lowest BCUT2D eigenvalue weighted by molar-refractivity contribution is -0.154. The summed E-state index contributed by atoms with van der Waals surface area (Å²) in [5.41, 5.74) is -0.686. The number of carbonyl (C=O) groups excluding carboxylic acids is 1. The Morgan fingerprint density at radius 3 is 2.56 bits per heavy atom. The van der Waals surface area contributed by atoms with Gasteiger partial charge in [-0.3, -0.25) is 9.59 Å².